The van der Waals surface area contributed by atoms with Crippen LogP contribution in [0.4, 0.5) is 55.9 Å². The Morgan fingerprint density at radius 3 is 2.07 bits per heavy atom. The van der Waals surface area contributed by atoms with Crippen molar-refractivity contribution >= 4 is 17.7 Å². The molecule has 0 saturated carbocycles. The molecular weight excluding hydrogens is 587 g/mol. The second kappa shape index (κ2) is 10.9. The average Bonchev–Trinajstić information content (AvgIpc) is 2.88. The first-order chi connectivity index (χ1) is 19.4. The molecule has 0 fully saturated rings. The van der Waals surface area contributed by atoms with Crippen molar-refractivity contribution in [3.05, 3.63) is 76.1 Å². The highest BCUT2D eigenvalue weighted by molar-refractivity contribution is 5.89. The molecule has 1 amide bonds. The number of rotatable bonds is 5. The van der Waals surface area contributed by atoms with E-state index in [1.165, 1.54) is 0 Å². The molecule has 3 N–H and O–H groups in total. The van der Waals surface area contributed by atoms with Crippen molar-refractivity contribution in [3.8, 4) is 5.75 Å². The second-order valence-electron chi connectivity index (χ2n) is 9.54. The van der Waals surface area contributed by atoms with E-state index in [2.05, 4.69) is 15.3 Å². The van der Waals surface area contributed by atoms with Gasteiger partial charge in [-0.3, -0.25) is 4.90 Å². The predicted molar refractivity (Wildman–Crippen MR) is 130 cm³/mol. The minimum Gasteiger partial charge on any atom is -0.504 e. The Kier molecular flexibility index (Phi) is 7.95. The van der Waals surface area contributed by atoms with Crippen LogP contribution in [0.2, 0.25) is 0 Å². The number of amides is 1. The van der Waals surface area contributed by atoms with E-state index in [9.17, 15) is 54.5 Å². The number of anilines is 2. The van der Waals surface area contributed by atoms with Crippen molar-refractivity contribution < 1.29 is 54.5 Å². The number of hydrogen-bond donors (Lipinski definition) is 3. The summed E-state index contributed by atoms with van der Waals surface area (Å²) in [7, 11) is 0. The minimum atomic E-state index is -5.10. The molecule has 1 aliphatic rings. The fourth-order valence-corrected chi connectivity index (χ4v) is 4.76. The molecule has 0 bridgehead atoms. The van der Waals surface area contributed by atoms with Gasteiger partial charge in [0.15, 0.2) is 5.75 Å². The number of hydrogen-bond acceptors (Lipinski definition) is 5. The molecule has 2 heterocycles. The lowest BCUT2D eigenvalue weighted by Crippen LogP contribution is -2.45. The molecule has 2 aromatic carbocycles. The largest absolute Gasteiger partial charge is 0.504 e. The third kappa shape index (κ3) is 6.46. The summed E-state index contributed by atoms with van der Waals surface area (Å²) in [6, 6.07) is 1.80. The zero-order valence-corrected chi connectivity index (χ0v) is 21.4. The standard InChI is InChI=1S/C26H21F9N4O3/c1-2-16-10-18(17-9-13(24(27,28)29)3-4-20(17)39(16)23(41)42)37-22-36-11-21(40)19(38-22)7-12-5-14(25(30,31)32)8-15(6-12)26(33,34)35/h3-6,8-9,11,16,18,40H,2,7,10H2,1H3,(H,41,42)(H,36,37,38)/t16-,18+/m1/s1. The molecule has 2 atom stereocenters. The van der Waals surface area contributed by atoms with E-state index in [4.69, 9.17) is 0 Å². The van der Waals surface area contributed by atoms with Gasteiger partial charge in [0, 0.05) is 12.5 Å². The van der Waals surface area contributed by atoms with Crippen LogP contribution in [0.25, 0.3) is 0 Å². The molecule has 3 aromatic rings. The summed E-state index contributed by atoms with van der Waals surface area (Å²) in [5.41, 5.74) is -5.08. The van der Waals surface area contributed by atoms with Crippen molar-refractivity contribution in [1.82, 2.24) is 9.97 Å². The van der Waals surface area contributed by atoms with Crippen LogP contribution in [0.5, 0.6) is 5.75 Å². The summed E-state index contributed by atoms with van der Waals surface area (Å²) < 4.78 is 120. The number of benzene rings is 2. The first kappa shape index (κ1) is 30.7. The molecule has 4 rings (SSSR count). The Balaban J connectivity index is 1.72. The lowest BCUT2D eigenvalue weighted by Gasteiger charge is -2.39. The highest BCUT2D eigenvalue weighted by Gasteiger charge is 2.39. The minimum absolute atomic E-state index is 0.0197. The van der Waals surface area contributed by atoms with E-state index >= 15 is 0 Å². The normalized spacial score (nSPS) is 17.6. The maximum Gasteiger partial charge on any atom is 0.416 e. The first-order valence-corrected chi connectivity index (χ1v) is 12.2. The topological polar surface area (TPSA) is 98.6 Å². The van der Waals surface area contributed by atoms with Crippen LogP contribution >= 0.6 is 0 Å². The van der Waals surface area contributed by atoms with Gasteiger partial charge in [-0.15, -0.1) is 0 Å². The maximum atomic E-state index is 13.5. The summed E-state index contributed by atoms with van der Waals surface area (Å²) in [4.78, 5) is 20.8. The lowest BCUT2D eigenvalue weighted by molar-refractivity contribution is -0.143. The second-order valence-corrected chi connectivity index (χ2v) is 9.54. The van der Waals surface area contributed by atoms with Crippen molar-refractivity contribution in [3.63, 3.8) is 0 Å². The number of nitrogens with one attached hydrogen (secondary N) is 1. The van der Waals surface area contributed by atoms with E-state index in [1.807, 2.05) is 0 Å². The fraction of sp³-hybridized carbons (Fsp3) is 0.346. The SMILES string of the molecule is CC[C@@H]1C[C@H](Nc2ncc(O)c(Cc3cc(C(F)(F)F)cc(C(F)(F)F)c3)n2)c2cc(C(F)(F)F)ccc2N1C(=O)O. The molecule has 42 heavy (non-hydrogen) atoms. The van der Waals surface area contributed by atoms with Crippen LogP contribution in [0.15, 0.2) is 42.6 Å². The van der Waals surface area contributed by atoms with Gasteiger partial charge in [0.2, 0.25) is 5.95 Å². The Morgan fingerprint density at radius 2 is 1.55 bits per heavy atom. The van der Waals surface area contributed by atoms with Gasteiger partial charge in [-0.2, -0.15) is 39.5 Å². The summed E-state index contributed by atoms with van der Waals surface area (Å²) >= 11 is 0. The van der Waals surface area contributed by atoms with Gasteiger partial charge in [-0.1, -0.05) is 6.92 Å². The Bertz CT molecular complexity index is 1460. The number of carboxylic acid groups (broad SMARTS) is 1. The van der Waals surface area contributed by atoms with Crippen LogP contribution in [0.3, 0.4) is 0 Å². The van der Waals surface area contributed by atoms with Crippen LogP contribution in [-0.2, 0) is 24.9 Å². The number of aromatic hydroxyl groups is 1. The van der Waals surface area contributed by atoms with E-state index in [1.54, 1.807) is 6.92 Å². The predicted octanol–water partition coefficient (Wildman–Crippen LogP) is 7.65. The third-order valence-electron chi connectivity index (χ3n) is 6.71. The monoisotopic (exact) mass is 608 g/mol. The molecule has 1 aliphatic heterocycles. The number of fused-ring (bicyclic) bond motifs is 1. The van der Waals surface area contributed by atoms with Crippen LogP contribution in [0, 0.1) is 0 Å². The molecule has 0 unspecified atom stereocenters. The van der Waals surface area contributed by atoms with Crippen molar-refractivity contribution in [1.29, 1.82) is 0 Å². The van der Waals surface area contributed by atoms with Gasteiger partial charge in [-0.25, -0.2) is 14.8 Å². The van der Waals surface area contributed by atoms with Crippen LogP contribution in [0.1, 0.15) is 59.3 Å². The van der Waals surface area contributed by atoms with Gasteiger partial charge in [0.1, 0.15) is 0 Å². The van der Waals surface area contributed by atoms with E-state index < -0.39 is 71.1 Å². The molecule has 226 valence electrons. The zero-order valence-electron chi connectivity index (χ0n) is 21.4. The van der Waals surface area contributed by atoms with Crippen molar-refractivity contribution in [2.24, 2.45) is 0 Å². The van der Waals surface area contributed by atoms with Gasteiger partial charge in [0.25, 0.3) is 0 Å². The average molecular weight is 608 g/mol. The van der Waals surface area contributed by atoms with Crippen molar-refractivity contribution in [2.45, 2.75) is 56.8 Å². The quantitative estimate of drug-likeness (QED) is 0.258. The van der Waals surface area contributed by atoms with Gasteiger partial charge in [0.05, 0.1) is 40.3 Å². The Hall–Kier alpha value is -4.24. The van der Waals surface area contributed by atoms with E-state index in [-0.39, 0.29) is 41.8 Å². The molecule has 7 nitrogen and oxygen atoms in total. The van der Waals surface area contributed by atoms with E-state index in [0.717, 1.165) is 29.3 Å². The zero-order chi connectivity index (χ0) is 31.2. The summed E-state index contributed by atoms with van der Waals surface area (Å²) in [6.45, 7) is 1.67. The molecule has 16 heteroatoms. The maximum absolute atomic E-state index is 13.5. The molecule has 0 aliphatic carbocycles. The molecule has 0 radical (unpaired) electrons. The lowest BCUT2D eigenvalue weighted by atomic mass is 9.89. The van der Waals surface area contributed by atoms with Crippen molar-refractivity contribution in [2.75, 3.05) is 10.2 Å². The molecule has 0 spiro atoms. The number of carbonyl (C=O) groups is 1. The number of nitrogens with zero attached hydrogens (tertiary/aromatic N) is 3. The number of halogens is 9. The highest BCUT2D eigenvalue weighted by Crippen LogP contribution is 2.43. The molecule has 0 saturated heterocycles. The van der Waals surface area contributed by atoms with Crippen LogP contribution in [-0.4, -0.2) is 32.3 Å². The van der Waals surface area contributed by atoms with Gasteiger partial charge < -0.3 is 15.5 Å². The fourth-order valence-electron chi connectivity index (χ4n) is 4.76. The number of alkyl halides is 9. The van der Waals surface area contributed by atoms with Gasteiger partial charge in [-0.05, 0) is 60.4 Å². The summed E-state index contributed by atoms with van der Waals surface area (Å²) in [6.07, 6.45) is -15.9. The Labute approximate surface area is 231 Å². The van der Waals surface area contributed by atoms with Gasteiger partial charge >= 0.3 is 24.6 Å². The Morgan fingerprint density at radius 1 is 0.952 bits per heavy atom. The van der Waals surface area contributed by atoms with Crippen LogP contribution < -0.4 is 10.2 Å². The summed E-state index contributed by atoms with van der Waals surface area (Å²) in [5.74, 6) is -0.962. The highest BCUT2D eigenvalue weighted by atomic mass is 19.4. The van der Waals surface area contributed by atoms with E-state index in [0.29, 0.717) is 12.1 Å². The summed E-state index contributed by atoms with van der Waals surface area (Å²) in [5, 5.41) is 22.7. The smallest absolute Gasteiger partial charge is 0.416 e. The molecule has 1 aromatic heterocycles. The first-order valence-electron chi connectivity index (χ1n) is 12.2. The number of aromatic nitrogens is 2. The molecular formula is C26H21F9N4O3. The third-order valence-corrected chi connectivity index (χ3v) is 6.71.